The molecule has 36 heavy (non-hydrogen) atoms. The van der Waals surface area contributed by atoms with Crippen LogP contribution in [0, 0.1) is 5.92 Å². The molecule has 0 saturated heterocycles. The van der Waals surface area contributed by atoms with E-state index in [9.17, 15) is 14.7 Å². The summed E-state index contributed by atoms with van der Waals surface area (Å²) in [5, 5.41) is 13.5. The molecular formula is C29H30ClN3O3. The molecule has 1 amide bonds. The molecule has 2 atom stereocenters. The van der Waals surface area contributed by atoms with Crippen molar-refractivity contribution < 1.29 is 14.7 Å². The Hall–Kier alpha value is -3.64. The van der Waals surface area contributed by atoms with E-state index in [-0.39, 0.29) is 18.2 Å². The topological polar surface area (TPSA) is 83.7 Å². The van der Waals surface area contributed by atoms with E-state index in [1.54, 1.807) is 22.7 Å². The molecule has 7 heteroatoms. The lowest BCUT2D eigenvalue weighted by molar-refractivity contribution is -0.141. The van der Waals surface area contributed by atoms with Crippen LogP contribution in [0.3, 0.4) is 0 Å². The third-order valence-corrected chi connectivity index (χ3v) is 6.64. The third-order valence-electron chi connectivity index (χ3n) is 6.39. The second-order valence-corrected chi connectivity index (χ2v) is 9.48. The van der Waals surface area contributed by atoms with Crippen molar-refractivity contribution in [3.8, 4) is 0 Å². The number of nitrogens with one attached hydrogen (secondary N) is 1. The zero-order valence-corrected chi connectivity index (χ0v) is 21.0. The van der Waals surface area contributed by atoms with Crippen molar-refractivity contribution >= 4 is 29.1 Å². The van der Waals surface area contributed by atoms with Gasteiger partial charge < -0.3 is 10.4 Å². The Morgan fingerprint density at radius 1 is 1.00 bits per heavy atom. The SMILES string of the molecule is CCCC(CNC(=O)c1cccc2nc(CC(Cc3ccccc3)C(=O)O)cn12)c1ccc(Cl)cc1. The predicted molar refractivity (Wildman–Crippen MR) is 142 cm³/mol. The minimum atomic E-state index is -0.863. The van der Waals surface area contributed by atoms with Crippen LogP contribution in [0.2, 0.25) is 5.02 Å². The van der Waals surface area contributed by atoms with Gasteiger partial charge in [0.15, 0.2) is 0 Å². The smallest absolute Gasteiger partial charge is 0.307 e. The van der Waals surface area contributed by atoms with Gasteiger partial charge in [-0.05, 0) is 48.2 Å². The molecule has 2 unspecified atom stereocenters. The molecule has 0 aliphatic heterocycles. The molecule has 2 N–H and O–H groups in total. The number of fused-ring (bicyclic) bond motifs is 1. The van der Waals surface area contributed by atoms with E-state index in [0.717, 1.165) is 24.0 Å². The summed E-state index contributed by atoms with van der Waals surface area (Å²) in [7, 11) is 0. The van der Waals surface area contributed by atoms with Gasteiger partial charge in [0.05, 0.1) is 11.6 Å². The molecule has 0 spiro atoms. The molecule has 0 bridgehead atoms. The van der Waals surface area contributed by atoms with Crippen LogP contribution in [0.4, 0.5) is 0 Å². The van der Waals surface area contributed by atoms with Gasteiger partial charge in [-0.25, -0.2) is 4.98 Å². The number of rotatable bonds is 11. The summed E-state index contributed by atoms with van der Waals surface area (Å²) in [5.41, 5.74) is 3.83. The van der Waals surface area contributed by atoms with Crippen LogP contribution < -0.4 is 5.32 Å². The van der Waals surface area contributed by atoms with Gasteiger partial charge in [0.25, 0.3) is 5.91 Å². The van der Waals surface area contributed by atoms with Gasteiger partial charge in [0.1, 0.15) is 11.3 Å². The number of aliphatic carboxylic acids is 1. The van der Waals surface area contributed by atoms with Gasteiger partial charge in [0.2, 0.25) is 0 Å². The number of imidazole rings is 1. The number of pyridine rings is 1. The van der Waals surface area contributed by atoms with E-state index in [1.807, 2.05) is 60.7 Å². The van der Waals surface area contributed by atoms with Crippen LogP contribution in [0.25, 0.3) is 5.65 Å². The van der Waals surface area contributed by atoms with Gasteiger partial charge in [-0.1, -0.05) is 73.5 Å². The highest BCUT2D eigenvalue weighted by Gasteiger charge is 2.21. The van der Waals surface area contributed by atoms with Crippen molar-refractivity contribution in [1.82, 2.24) is 14.7 Å². The van der Waals surface area contributed by atoms with E-state index in [4.69, 9.17) is 11.6 Å². The van der Waals surface area contributed by atoms with Gasteiger partial charge in [-0.15, -0.1) is 0 Å². The Bertz CT molecular complexity index is 1320. The number of carbonyl (C=O) groups excluding carboxylic acids is 1. The fourth-order valence-corrected chi connectivity index (χ4v) is 4.64. The number of hydrogen-bond donors (Lipinski definition) is 2. The number of aromatic nitrogens is 2. The average molecular weight is 504 g/mol. The summed E-state index contributed by atoms with van der Waals surface area (Å²) < 4.78 is 1.74. The number of amides is 1. The number of carbonyl (C=O) groups is 2. The lowest BCUT2D eigenvalue weighted by Gasteiger charge is -2.18. The van der Waals surface area contributed by atoms with E-state index in [2.05, 4.69) is 17.2 Å². The second kappa shape index (κ2) is 11.9. The minimum absolute atomic E-state index is 0.183. The first-order valence-electron chi connectivity index (χ1n) is 12.2. The largest absolute Gasteiger partial charge is 0.481 e. The zero-order valence-electron chi connectivity index (χ0n) is 20.2. The lowest BCUT2D eigenvalue weighted by Crippen LogP contribution is -2.29. The standard InChI is InChI=1S/C29H30ClN3O3/c1-2-7-22(21-12-14-24(30)15-13-21)18-31-28(34)26-10-6-11-27-32-25(19-33(26)27)17-23(29(35)36)16-20-8-4-3-5-9-20/h3-6,8-15,19,22-23H,2,7,16-18H2,1H3,(H,31,34)(H,35,36). The lowest BCUT2D eigenvalue weighted by atomic mass is 9.94. The molecule has 2 aromatic heterocycles. The normalized spacial score (nSPS) is 12.8. The summed E-state index contributed by atoms with van der Waals surface area (Å²) in [5.74, 6) is -1.48. The molecular weight excluding hydrogens is 474 g/mol. The number of nitrogens with zero attached hydrogens (tertiary/aromatic N) is 2. The Morgan fingerprint density at radius 3 is 2.44 bits per heavy atom. The summed E-state index contributed by atoms with van der Waals surface area (Å²) in [6.07, 6.45) is 4.41. The molecule has 0 radical (unpaired) electrons. The van der Waals surface area contributed by atoms with E-state index < -0.39 is 11.9 Å². The summed E-state index contributed by atoms with van der Waals surface area (Å²) >= 11 is 6.04. The van der Waals surface area contributed by atoms with Crippen LogP contribution in [0.15, 0.2) is 79.0 Å². The monoisotopic (exact) mass is 503 g/mol. The van der Waals surface area contributed by atoms with E-state index in [1.165, 1.54) is 0 Å². The Kier molecular flexibility index (Phi) is 8.39. The third kappa shape index (κ3) is 6.32. The average Bonchev–Trinajstić information content (AvgIpc) is 3.30. The van der Waals surface area contributed by atoms with Crippen LogP contribution in [-0.4, -0.2) is 32.9 Å². The quantitative estimate of drug-likeness (QED) is 0.271. The molecule has 0 fully saturated rings. The molecule has 4 aromatic rings. The molecule has 186 valence electrons. The van der Waals surface area contributed by atoms with Crippen LogP contribution in [0.1, 0.15) is 53.0 Å². The van der Waals surface area contributed by atoms with Crippen molar-refractivity contribution in [1.29, 1.82) is 0 Å². The number of hydrogen-bond acceptors (Lipinski definition) is 3. The number of carboxylic acid groups (broad SMARTS) is 1. The molecule has 4 rings (SSSR count). The van der Waals surface area contributed by atoms with Crippen molar-refractivity contribution in [3.05, 3.63) is 107 Å². The van der Waals surface area contributed by atoms with Gasteiger partial charge >= 0.3 is 5.97 Å². The first kappa shape index (κ1) is 25.5. The Morgan fingerprint density at radius 2 is 1.75 bits per heavy atom. The molecule has 2 aromatic carbocycles. The summed E-state index contributed by atoms with van der Waals surface area (Å²) in [6, 6.07) is 22.7. The zero-order chi connectivity index (χ0) is 25.5. The summed E-state index contributed by atoms with van der Waals surface area (Å²) in [4.78, 5) is 29.7. The summed E-state index contributed by atoms with van der Waals surface area (Å²) in [6.45, 7) is 2.63. The molecule has 6 nitrogen and oxygen atoms in total. The molecule has 0 aliphatic carbocycles. The maximum absolute atomic E-state index is 13.2. The van der Waals surface area contributed by atoms with Crippen molar-refractivity contribution in [2.24, 2.45) is 5.92 Å². The Balaban J connectivity index is 1.49. The minimum Gasteiger partial charge on any atom is -0.481 e. The maximum Gasteiger partial charge on any atom is 0.307 e. The number of benzene rings is 2. The molecule has 0 saturated carbocycles. The van der Waals surface area contributed by atoms with Gasteiger partial charge in [-0.2, -0.15) is 0 Å². The second-order valence-electron chi connectivity index (χ2n) is 9.05. The number of carboxylic acids is 1. The predicted octanol–water partition coefficient (Wildman–Crippen LogP) is 5.79. The van der Waals surface area contributed by atoms with Crippen molar-refractivity contribution in [2.45, 2.75) is 38.5 Å². The Labute approximate surface area is 216 Å². The van der Waals surface area contributed by atoms with Gasteiger partial charge in [-0.3, -0.25) is 14.0 Å². The van der Waals surface area contributed by atoms with Crippen molar-refractivity contribution in [2.75, 3.05) is 6.54 Å². The van der Waals surface area contributed by atoms with E-state index >= 15 is 0 Å². The number of halogens is 1. The maximum atomic E-state index is 13.2. The highest BCUT2D eigenvalue weighted by Crippen LogP contribution is 2.23. The highest BCUT2D eigenvalue weighted by atomic mass is 35.5. The first-order valence-corrected chi connectivity index (χ1v) is 12.6. The van der Waals surface area contributed by atoms with Crippen LogP contribution in [-0.2, 0) is 17.6 Å². The highest BCUT2D eigenvalue weighted by molar-refractivity contribution is 6.30. The first-order chi connectivity index (χ1) is 17.4. The van der Waals surface area contributed by atoms with Crippen LogP contribution >= 0.6 is 11.6 Å². The molecule has 2 heterocycles. The fourth-order valence-electron chi connectivity index (χ4n) is 4.52. The molecule has 0 aliphatic rings. The fraction of sp³-hybridized carbons (Fsp3) is 0.276. The van der Waals surface area contributed by atoms with Crippen LogP contribution in [0.5, 0.6) is 0 Å². The van der Waals surface area contributed by atoms with Crippen molar-refractivity contribution in [3.63, 3.8) is 0 Å². The van der Waals surface area contributed by atoms with E-state index in [0.29, 0.717) is 35.0 Å². The van der Waals surface area contributed by atoms with Gasteiger partial charge in [0, 0.05) is 30.1 Å².